The summed E-state index contributed by atoms with van der Waals surface area (Å²) in [5, 5.41) is 0.370. The van der Waals surface area contributed by atoms with Crippen LogP contribution in [-0.4, -0.2) is 31.3 Å². The number of para-hydroxylation sites is 1. The number of thiophene rings is 1. The molecule has 0 N–H and O–H groups in total. The van der Waals surface area contributed by atoms with Crippen LogP contribution in [0.4, 0.5) is 0 Å². The van der Waals surface area contributed by atoms with Gasteiger partial charge in [-0.15, -0.1) is 0 Å². The number of carbonyl (C=O) groups is 1. The molecule has 0 saturated heterocycles. The van der Waals surface area contributed by atoms with Gasteiger partial charge in [0.25, 0.3) is 0 Å². The quantitative estimate of drug-likeness (QED) is 0.470. The van der Waals surface area contributed by atoms with E-state index in [-0.39, 0.29) is 11.6 Å². The zero-order chi connectivity index (χ0) is 18.7. The van der Waals surface area contributed by atoms with Crippen molar-refractivity contribution in [1.29, 1.82) is 0 Å². The summed E-state index contributed by atoms with van der Waals surface area (Å²) in [6.07, 6.45) is 1.54. The van der Waals surface area contributed by atoms with Crippen molar-refractivity contribution < 1.29 is 23.0 Å². The van der Waals surface area contributed by atoms with Gasteiger partial charge in [-0.25, -0.2) is 9.97 Å². The second-order valence-electron chi connectivity index (χ2n) is 5.23. The summed E-state index contributed by atoms with van der Waals surface area (Å²) in [7, 11) is 0. The number of ether oxygens (including phenoxy) is 2. The van der Waals surface area contributed by atoms with Gasteiger partial charge in [-0.2, -0.15) is 0 Å². The maximum absolute atomic E-state index is 11.5. The number of esters is 1. The molecule has 1 aromatic carbocycles. The van der Waals surface area contributed by atoms with Crippen molar-refractivity contribution in [3.8, 4) is 21.9 Å². The predicted octanol–water partition coefficient (Wildman–Crippen LogP) is 3.06. The fourth-order valence-corrected chi connectivity index (χ4v) is 3.85. The number of benzene rings is 1. The molecule has 3 aromatic rings. The molecule has 0 aliphatic heterocycles. The van der Waals surface area contributed by atoms with Crippen LogP contribution in [-0.2, 0) is 21.6 Å². The van der Waals surface area contributed by atoms with E-state index >= 15 is 0 Å². The molecule has 0 fully saturated rings. The molecule has 1 atom stereocenters. The van der Waals surface area contributed by atoms with Crippen LogP contribution < -0.4 is 9.47 Å². The van der Waals surface area contributed by atoms with E-state index in [1.807, 2.05) is 31.2 Å². The van der Waals surface area contributed by atoms with Crippen LogP contribution in [0.25, 0.3) is 21.3 Å². The molecule has 1 unspecified atom stereocenters. The Morgan fingerprint density at radius 2 is 2.12 bits per heavy atom. The fourth-order valence-electron chi connectivity index (χ4n) is 2.48. The molecule has 7 nitrogen and oxygen atoms in total. The topological polar surface area (TPSA) is 101 Å². The molecule has 136 valence electrons. The first-order chi connectivity index (χ1) is 12.5. The lowest BCUT2D eigenvalue weighted by molar-refractivity contribution is -0.131. The van der Waals surface area contributed by atoms with Crippen LogP contribution in [0.15, 0.2) is 30.5 Å². The van der Waals surface area contributed by atoms with Crippen molar-refractivity contribution in [2.45, 2.75) is 19.6 Å². The molecule has 2 heterocycles. The second kappa shape index (κ2) is 7.90. The number of aromatic nitrogens is 2. The summed E-state index contributed by atoms with van der Waals surface area (Å²) in [4.78, 5) is 20.0. The Bertz CT molecular complexity index is 986. The van der Waals surface area contributed by atoms with Gasteiger partial charge in [0.2, 0.25) is 0 Å². The molecule has 0 bridgehead atoms. The average Bonchev–Trinajstić information content (AvgIpc) is 2.91. The summed E-state index contributed by atoms with van der Waals surface area (Å²) >= 11 is -1.08. The number of nitrogens with zero attached hydrogens (tertiary/aromatic N) is 2. The number of fused-ring (bicyclic) bond motifs is 1. The third kappa shape index (κ3) is 3.90. The SMILES string of the molecule is CCOc1ccccc1-c1c(OC(C)=O)sc2cnc(CS(=O)[O-])nc12. The lowest BCUT2D eigenvalue weighted by atomic mass is 10.1. The molecule has 0 amide bonds. The number of rotatable bonds is 6. The first-order valence-corrected chi connectivity index (χ1v) is 9.80. The molecule has 0 spiro atoms. The lowest BCUT2D eigenvalue weighted by Gasteiger charge is -2.11. The van der Waals surface area contributed by atoms with E-state index in [9.17, 15) is 13.6 Å². The zero-order valence-electron chi connectivity index (χ0n) is 14.1. The monoisotopic (exact) mass is 391 g/mol. The Kier molecular flexibility index (Phi) is 5.60. The van der Waals surface area contributed by atoms with Crippen molar-refractivity contribution in [3.63, 3.8) is 0 Å². The molecule has 2 aromatic heterocycles. The van der Waals surface area contributed by atoms with Gasteiger partial charge < -0.3 is 14.0 Å². The van der Waals surface area contributed by atoms with Crippen LogP contribution in [0.1, 0.15) is 19.7 Å². The normalized spacial score (nSPS) is 12.1. The molecule has 0 radical (unpaired) electrons. The van der Waals surface area contributed by atoms with E-state index in [2.05, 4.69) is 9.97 Å². The third-order valence-electron chi connectivity index (χ3n) is 3.39. The minimum Gasteiger partial charge on any atom is -0.772 e. The highest BCUT2D eigenvalue weighted by atomic mass is 32.2. The summed E-state index contributed by atoms with van der Waals surface area (Å²) in [6, 6.07) is 7.34. The van der Waals surface area contributed by atoms with Crippen LogP contribution in [0, 0.1) is 0 Å². The van der Waals surface area contributed by atoms with Crippen molar-refractivity contribution in [2.75, 3.05) is 6.61 Å². The Hall–Kier alpha value is -2.36. The van der Waals surface area contributed by atoms with Gasteiger partial charge in [0.15, 0.2) is 5.06 Å². The van der Waals surface area contributed by atoms with E-state index in [1.54, 1.807) is 0 Å². The minimum absolute atomic E-state index is 0.174. The van der Waals surface area contributed by atoms with Crippen LogP contribution in [0.3, 0.4) is 0 Å². The molecular formula is C17H15N2O5S2-. The largest absolute Gasteiger partial charge is 0.772 e. The Labute approximate surface area is 156 Å². The van der Waals surface area contributed by atoms with Gasteiger partial charge in [0.1, 0.15) is 11.6 Å². The van der Waals surface area contributed by atoms with Crippen molar-refractivity contribution in [1.82, 2.24) is 9.97 Å². The Morgan fingerprint density at radius 1 is 1.35 bits per heavy atom. The van der Waals surface area contributed by atoms with Gasteiger partial charge in [0, 0.05) is 18.7 Å². The first kappa shape index (κ1) is 18.4. The second-order valence-corrected chi connectivity index (χ2v) is 7.15. The Balaban J connectivity index is 2.25. The molecule has 0 saturated carbocycles. The summed E-state index contributed by atoms with van der Waals surface area (Å²) in [6.45, 7) is 3.66. The van der Waals surface area contributed by atoms with Crippen molar-refractivity contribution in [3.05, 3.63) is 36.3 Å². The van der Waals surface area contributed by atoms with Crippen molar-refractivity contribution in [2.24, 2.45) is 0 Å². The third-order valence-corrected chi connectivity index (χ3v) is 4.87. The van der Waals surface area contributed by atoms with Gasteiger partial charge in [-0.05, 0) is 24.1 Å². The predicted molar refractivity (Wildman–Crippen MR) is 98.0 cm³/mol. The average molecular weight is 391 g/mol. The first-order valence-electron chi connectivity index (χ1n) is 7.74. The molecule has 3 rings (SSSR count). The maximum atomic E-state index is 11.5. The highest BCUT2D eigenvalue weighted by molar-refractivity contribution is 7.78. The van der Waals surface area contributed by atoms with Crippen LogP contribution in [0.5, 0.6) is 10.8 Å². The molecule has 26 heavy (non-hydrogen) atoms. The fraction of sp³-hybridized carbons (Fsp3) is 0.235. The van der Waals surface area contributed by atoms with E-state index < -0.39 is 17.0 Å². The van der Waals surface area contributed by atoms with E-state index in [4.69, 9.17) is 9.47 Å². The van der Waals surface area contributed by atoms with E-state index in [0.717, 1.165) is 0 Å². The Morgan fingerprint density at radius 3 is 2.81 bits per heavy atom. The number of carbonyl (C=O) groups excluding carboxylic acids is 1. The van der Waals surface area contributed by atoms with Crippen molar-refractivity contribution >= 4 is 38.6 Å². The highest BCUT2D eigenvalue weighted by Gasteiger charge is 2.21. The summed E-state index contributed by atoms with van der Waals surface area (Å²) in [5.74, 6) is 0.0469. The highest BCUT2D eigenvalue weighted by Crippen LogP contribution is 2.46. The summed E-state index contributed by atoms with van der Waals surface area (Å²) in [5.41, 5.74) is 1.82. The van der Waals surface area contributed by atoms with Gasteiger partial charge in [0.05, 0.1) is 28.1 Å². The standard InChI is InChI=1S/C17H16N2O5S2/c1-3-23-12-7-5-4-6-11(12)15-16-13(25-17(15)24-10(2)20)8-18-14(19-16)9-26(21)22/h4-8H,3,9H2,1-2H3,(H,21,22)/p-1. The lowest BCUT2D eigenvalue weighted by Crippen LogP contribution is -2.02. The van der Waals surface area contributed by atoms with Gasteiger partial charge in [-0.3, -0.25) is 9.00 Å². The molecule has 0 aliphatic rings. The van der Waals surface area contributed by atoms with Gasteiger partial charge in [-0.1, -0.05) is 29.5 Å². The van der Waals surface area contributed by atoms with E-state index in [0.29, 0.717) is 38.8 Å². The number of hydrogen-bond acceptors (Lipinski definition) is 8. The number of hydrogen-bond donors (Lipinski definition) is 0. The molecule has 9 heteroatoms. The zero-order valence-corrected chi connectivity index (χ0v) is 15.7. The van der Waals surface area contributed by atoms with Gasteiger partial charge >= 0.3 is 5.97 Å². The molecule has 0 aliphatic carbocycles. The maximum Gasteiger partial charge on any atom is 0.308 e. The van der Waals surface area contributed by atoms with Crippen LogP contribution >= 0.6 is 11.3 Å². The smallest absolute Gasteiger partial charge is 0.308 e. The van der Waals surface area contributed by atoms with Crippen LogP contribution in [0.2, 0.25) is 0 Å². The summed E-state index contributed by atoms with van der Waals surface area (Å²) < 4.78 is 33.7. The van der Waals surface area contributed by atoms with E-state index in [1.165, 1.54) is 24.5 Å². The minimum atomic E-state index is -2.30. The molecular weight excluding hydrogens is 376 g/mol.